The van der Waals surface area contributed by atoms with E-state index in [0.717, 1.165) is 42.2 Å². The van der Waals surface area contributed by atoms with E-state index in [1.54, 1.807) is 12.3 Å². The van der Waals surface area contributed by atoms with Gasteiger partial charge in [0.1, 0.15) is 6.61 Å². The molecule has 1 aliphatic heterocycles. The van der Waals surface area contributed by atoms with Gasteiger partial charge in [-0.3, -0.25) is 14.5 Å². The molecule has 3 aromatic rings. The zero-order valence-electron chi connectivity index (χ0n) is 22.9. The van der Waals surface area contributed by atoms with Crippen LogP contribution in [0.5, 0.6) is 5.88 Å². The molecule has 0 atom stereocenters. The summed E-state index contributed by atoms with van der Waals surface area (Å²) >= 11 is 0. The Kier molecular flexibility index (Phi) is 8.79. The highest BCUT2D eigenvalue weighted by Gasteiger charge is 2.40. The van der Waals surface area contributed by atoms with Gasteiger partial charge in [-0.05, 0) is 55.5 Å². The van der Waals surface area contributed by atoms with Crippen LogP contribution >= 0.6 is 0 Å². The van der Waals surface area contributed by atoms with Crippen molar-refractivity contribution in [1.29, 1.82) is 0 Å². The SMILES string of the molecule is O=C(CNC(=O)c1cccc(C(F)(F)F)c1)NC1CN([C@H]2CC[C@@](O)(c3ccc(OCc4ccccc4)nc3)CC2)C1. The second kappa shape index (κ2) is 12.5. The van der Waals surface area contributed by atoms with Crippen LogP contribution in [0.1, 0.15) is 52.7 Å². The fourth-order valence-corrected chi connectivity index (χ4v) is 5.49. The summed E-state index contributed by atoms with van der Waals surface area (Å²) in [5.41, 5.74) is -0.206. The van der Waals surface area contributed by atoms with Crippen LogP contribution in [0.3, 0.4) is 0 Å². The first kappa shape index (κ1) is 29.5. The lowest BCUT2D eigenvalue weighted by Crippen LogP contribution is -2.63. The summed E-state index contributed by atoms with van der Waals surface area (Å²) in [5, 5.41) is 16.5. The lowest BCUT2D eigenvalue weighted by Gasteiger charge is -2.48. The molecule has 5 rings (SSSR count). The van der Waals surface area contributed by atoms with Gasteiger partial charge in [-0.25, -0.2) is 4.98 Å². The number of benzene rings is 2. The quantitative estimate of drug-likeness (QED) is 0.352. The Hall–Kier alpha value is -3.96. The van der Waals surface area contributed by atoms with Crippen molar-refractivity contribution in [2.24, 2.45) is 0 Å². The Labute approximate surface area is 241 Å². The van der Waals surface area contributed by atoms with Crippen LogP contribution in [0.2, 0.25) is 0 Å². The van der Waals surface area contributed by atoms with Crippen molar-refractivity contribution < 1.29 is 32.6 Å². The first-order chi connectivity index (χ1) is 20.1. The molecule has 1 aromatic heterocycles. The molecule has 1 aliphatic carbocycles. The second-order valence-corrected chi connectivity index (χ2v) is 10.9. The molecule has 0 unspecified atom stereocenters. The smallest absolute Gasteiger partial charge is 0.416 e. The van der Waals surface area contributed by atoms with Gasteiger partial charge in [-0.2, -0.15) is 13.2 Å². The van der Waals surface area contributed by atoms with Crippen molar-refractivity contribution in [3.05, 3.63) is 95.2 Å². The Morgan fingerprint density at radius 2 is 1.76 bits per heavy atom. The van der Waals surface area contributed by atoms with Crippen LogP contribution in [-0.2, 0) is 23.2 Å². The van der Waals surface area contributed by atoms with E-state index in [1.807, 2.05) is 36.4 Å². The number of aliphatic hydroxyl groups is 1. The van der Waals surface area contributed by atoms with Gasteiger partial charge in [-0.15, -0.1) is 0 Å². The predicted octanol–water partition coefficient (Wildman–Crippen LogP) is 4.04. The summed E-state index contributed by atoms with van der Waals surface area (Å²) in [7, 11) is 0. The number of carbonyl (C=O) groups excluding carboxylic acids is 2. The standard InChI is InChI=1S/C31H33F3N4O4/c32-31(33,34)23-8-4-7-22(15-23)29(40)36-17-27(39)37-25-18-38(19-25)26-11-13-30(41,14-12-26)24-9-10-28(35-16-24)42-20-21-5-2-1-3-6-21/h1-10,15-16,25-26,41H,11-14,17-20H2,(H,36,40)(H,37,39)/t26-,30-. The molecule has 1 saturated heterocycles. The molecule has 42 heavy (non-hydrogen) atoms. The first-order valence-corrected chi connectivity index (χ1v) is 13.9. The topological polar surface area (TPSA) is 104 Å². The van der Waals surface area contributed by atoms with Gasteiger partial charge in [0.25, 0.3) is 5.91 Å². The van der Waals surface area contributed by atoms with E-state index >= 15 is 0 Å². The third-order valence-electron chi connectivity index (χ3n) is 7.94. The maximum Gasteiger partial charge on any atom is 0.416 e. The van der Waals surface area contributed by atoms with Gasteiger partial charge in [0, 0.05) is 42.5 Å². The summed E-state index contributed by atoms with van der Waals surface area (Å²) in [6.07, 6.45) is -0.0757. The van der Waals surface area contributed by atoms with E-state index in [4.69, 9.17) is 4.74 Å². The number of nitrogens with zero attached hydrogens (tertiary/aromatic N) is 2. The molecular formula is C31H33F3N4O4. The molecule has 2 aromatic carbocycles. The lowest BCUT2D eigenvalue weighted by atomic mass is 9.77. The van der Waals surface area contributed by atoms with Crippen molar-refractivity contribution in [1.82, 2.24) is 20.5 Å². The highest BCUT2D eigenvalue weighted by atomic mass is 19.4. The Bertz CT molecular complexity index is 1370. The van der Waals surface area contributed by atoms with Crippen LogP contribution in [0, 0.1) is 0 Å². The number of carbonyl (C=O) groups is 2. The highest BCUT2D eigenvalue weighted by Crippen LogP contribution is 2.39. The molecule has 1 saturated carbocycles. The fourth-order valence-electron chi connectivity index (χ4n) is 5.49. The predicted molar refractivity (Wildman–Crippen MR) is 148 cm³/mol. The zero-order valence-corrected chi connectivity index (χ0v) is 22.9. The summed E-state index contributed by atoms with van der Waals surface area (Å²) in [5.74, 6) is -0.642. The van der Waals surface area contributed by atoms with Gasteiger partial charge < -0.3 is 20.5 Å². The third-order valence-corrected chi connectivity index (χ3v) is 7.94. The maximum absolute atomic E-state index is 12.9. The number of nitrogens with one attached hydrogen (secondary N) is 2. The summed E-state index contributed by atoms with van der Waals surface area (Å²) < 4.78 is 44.4. The molecule has 2 fully saturated rings. The van der Waals surface area contributed by atoms with Gasteiger partial charge in [0.2, 0.25) is 11.8 Å². The largest absolute Gasteiger partial charge is 0.473 e. The molecule has 222 valence electrons. The molecular weight excluding hydrogens is 549 g/mol. The van der Waals surface area contributed by atoms with E-state index < -0.39 is 29.2 Å². The van der Waals surface area contributed by atoms with Gasteiger partial charge in [0.15, 0.2) is 0 Å². The number of ether oxygens (including phenoxy) is 1. The molecule has 0 spiro atoms. The van der Waals surface area contributed by atoms with Gasteiger partial charge >= 0.3 is 6.18 Å². The summed E-state index contributed by atoms with van der Waals surface area (Å²) in [6, 6.07) is 17.8. The van der Waals surface area contributed by atoms with Crippen molar-refractivity contribution in [3.63, 3.8) is 0 Å². The van der Waals surface area contributed by atoms with Crippen LogP contribution < -0.4 is 15.4 Å². The van der Waals surface area contributed by atoms with E-state index in [2.05, 4.69) is 20.5 Å². The van der Waals surface area contributed by atoms with Crippen molar-refractivity contribution in [3.8, 4) is 5.88 Å². The second-order valence-electron chi connectivity index (χ2n) is 10.9. The molecule has 2 heterocycles. The highest BCUT2D eigenvalue weighted by molar-refractivity contribution is 5.96. The van der Waals surface area contributed by atoms with E-state index in [1.165, 1.54) is 6.07 Å². The molecule has 0 bridgehead atoms. The monoisotopic (exact) mass is 582 g/mol. The van der Waals surface area contributed by atoms with Crippen LogP contribution in [0.15, 0.2) is 72.9 Å². The first-order valence-electron chi connectivity index (χ1n) is 13.9. The van der Waals surface area contributed by atoms with Crippen LogP contribution in [0.4, 0.5) is 13.2 Å². The average molecular weight is 583 g/mol. The number of hydrogen-bond donors (Lipinski definition) is 3. The number of pyridine rings is 1. The minimum absolute atomic E-state index is 0.0728. The third kappa shape index (κ3) is 7.27. The summed E-state index contributed by atoms with van der Waals surface area (Å²) in [4.78, 5) is 31.2. The number of alkyl halides is 3. The molecule has 2 amide bonds. The van der Waals surface area contributed by atoms with Crippen molar-refractivity contribution >= 4 is 11.8 Å². The van der Waals surface area contributed by atoms with Crippen molar-refractivity contribution in [2.45, 2.75) is 56.2 Å². The number of amides is 2. The fraction of sp³-hybridized carbons (Fsp3) is 0.387. The number of likely N-dealkylation sites (tertiary alicyclic amines) is 1. The zero-order chi connectivity index (χ0) is 29.7. The van der Waals surface area contributed by atoms with Crippen LogP contribution in [0.25, 0.3) is 0 Å². The molecule has 0 radical (unpaired) electrons. The van der Waals surface area contributed by atoms with E-state index in [-0.39, 0.29) is 18.2 Å². The Morgan fingerprint density at radius 3 is 2.43 bits per heavy atom. The minimum atomic E-state index is -4.55. The Balaban J connectivity index is 1.01. The number of halogens is 3. The lowest BCUT2D eigenvalue weighted by molar-refractivity contribution is -0.137. The van der Waals surface area contributed by atoms with Gasteiger partial charge in [-0.1, -0.05) is 36.4 Å². The minimum Gasteiger partial charge on any atom is -0.473 e. The maximum atomic E-state index is 12.9. The van der Waals surface area contributed by atoms with E-state index in [9.17, 15) is 27.9 Å². The number of hydrogen-bond acceptors (Lipinski definition) is 6. The Morgan fingerprint density at radius 1 is 1.02 bits per heavy atom. The van der Waals surface area contributed by atoms with Crippen molar-refractivity contribution in [2.75, 3.05) is 19.6 Å². The van der Waals surface area contributed by atoms with E-state index in [0.29, 0.717) is 44.5 Å². The molecule has 2 aliphatic rings. The summed E-state index contributed by atoms with van der Waals surface area (Å²) in [6.45, 7) is 1.41. The number of rotatable bonds is 9. The molecule has 11 heteroatoms. The number of aromatic nitrogens is 1. The average Bonchev–Trinajstić information content (AvgIpc) is 2.97. The van der Waals surface area contributed by atoms with Gasteiger partial charge in [0.05, 0.1) is 23.8 Å². The normalized spacial score (nSPS) is 21.3. The van der Waals surface area contributed by atoms with Crippen LogP contribution in [-0.4, -0.2) is 58.5 Å². The molecule has 3 N–H and O–H groups in total. The molecule has 8 nitrogen and oxygen atoms in total.